The van der Waals surface area contributed by atoms with E-state index in [1.807, 2.05) is 0 Å². The second-order valence-electron chi connectivity index (χ2n) is 4.04. The molecule has 0 heterocycles. The van der Waals surface area contributed by atoms with E-state index in [4.69, 9.17) is 0 Å². The fourth-order valence-corrected chi connectivity index (χ4v) is 1.66. The van der Waals surface area contributed by atoms with Crippen LogP contribution in [-0.4, -0.2) is 0 Å². The first-order valence-electron chi connectivity index (χ1n) is 6.21. The van der Waals surface area contributed by atoms with Gasteiger partial charge in [0.05, 0.1) is 0 Å². The molecule has 1 heteroatoms. The van der Waals surface area contributed by atoms with Gasteiger partial charge in [0.25, 0.3) is 0 Å². The third kappa shape index (κ3) is 16.1. The van der Waals surface area contributed by atoms with Gasteiger partial charge in [-0.2, -0.15) is 6.42 Å². The molecule has 0 fully saturated rings. The van der Waals surface area contributed by atoms with Crippen LogP contribution in [0.1, 0.15) is 77.6 Å². The molecule has 0 unspecified atom stereocenters. The van der Waals surface area contributed by atoms with Crippen LogP contribution in [0, 0.1) is 6.92 Å². The third-order valence-electron chi connectivity index (χ3n) is 2.60. The van der Waals surface area contributed by atoms with Gasteiger partial charge in [-0.05, 0) is 0 Å². The van der Waals surface area contributed by atoms with Crippen LogP contribution in [0.3, 0.4) is 0 Å². The van der Waals surface area contributed by atoms with E-state index >= 15 is 0 Å². The molecule has 0 saturated carbocycles. The fraction of sp³-hybridized carbons (Fsp3) is 0.923. The van der Waals surface area contributed by atoms with E-state index in [0.717, 1.165) is 6.42 Å². The molecular weight excluding hydrogens is 195 g/mol. The molecule has 0 amide bonds. The molecule has 0 radical (unpaired) electrons. The molecule has 0 rings (SSSR count). The minimum Gasteiger partial charge on any atom is -0.343 e. The summed E-state index contributed by atoms with van der Waals surface area (Å²) in [5.41, 5.74) is 0. The summed E-state index contributed by atoms with van der Waals surface area (Å²) in [4.78, 5) is 0. The van der Waals surface area contributed by atoms with Gasteiger partial charge in [0.1, 0.15) is 0 Å². The average Bonchev–Trinajstić information content (AvgIpc) is 2.16. The molecule has 0 bridgehead atoms. The molecule has 0 aliphatic heterocycles. The van der Waals surface area contributed by atoms with E-state index < -0.39 is 0 Å². The van der Waals surface area contributed by atoms with Gasteiger partial charge < -0.3 is 6.92 Å². The van der Waals surface area contributed by atoms with Crippen molar-refractivity contribution in [3.8, 4) is 0 Å². The summed E-state index contributed by atoms with van der Waals surface area (Å²) in [6.07, 6.45) is 15.4. The van der Waals surface area contributed by atoms with E-state index in [1.54, 1.807) is 0 Å². The fourth-order valence-electron chi connectivity index (χ4n) is 1.66. The van der Waals surface area contributed by atoms with Crippen molar-refractivity contribution in [1.82, 2.24) is 0 Å². The Morgan fingerprint density at radius 3 is 1.36 bits per heavy atom. The van der Waals surface area contributed by atoms with Crippen molar-refractivity contribution in [3.63, 3.8) is 0 Å². The largest absolute Gasteiger partial charge is 1.00 e. The molecule has 0 aromatic heterocycles. The molecule has 14 heavy (non-hydrogen) atoms. The van der Waals surface area contributed by atoms with Crippen LogP contribution in [0.25, 0.3) is 0 Å². The number of hydrogen-bond donors (Lipinski definition) is 0. The first kappa shape index (κ1) is 18.0. The first-order valence-corrected chi connectivity index (χ1v) is 6.21. The second-order valence-corrected chi connectivity index (χ2v) is 4.04. The monoisotopic (exact) mass is 222 g/mol. The summed E-state index contributed by atoms with van der Waals surface area (Å²) < 4.78 is 0. The van der Waals surface area contributed by atoms with Crippen molar-refractivity contribution in [2.75, 3.05) is 0 Å². The SMILES string of the molecule is [CH2-]CCCCCCCCCCCC.[K+]. The molecular formula is C13H27K. The summed E-state index contributed by atoms with van der Waals surface area (Å²) in [5.74, 6) is 0. The predicted octanol–water partition coefficient (Wildman–Crippen LogP) is 2.14. The van der Waals surface area contributed by atoms with E-state index in [1.165, 1.54) is 64.2 Å². The smallest absolute Gasteiger partial charge is 0.343 e. The predicted molar refractivity (Wildman–Crippen MR) is 61.8 cm³/mol. The number of rotatable bonds is 10. The molecule has 0 saturated heterocycles. The summed E-state index contributed by atoms with van der Waals surface area (Å²) in [7, 11) is 0. The Balaban J connectivity index is 0. The van der Waals surface area contributed by atoms with Crippen molar-refractivity contribution in [1.29, 1.82) is 0 Å². The van der Waals surface area contributed by atoms with Gasteiger partial charge in [-0.1, -0.05) is 71.1 Å². The van der Waals surface area contributed by atoms with Gasteiger partial charge >= 0.3 is 51.4 Å². The van der Waals surface area contributed by atoms with Gasteiger partial charge in [-0.3, -0.25) is 0 Å². The topological polar surface area (TPSA) is 0 Å². The van der Waals surface area contributed by atoms with Crippen LogP contribution in [-0.2, 0) is 0 Å². The third-order valence-corrected chi connectivity index (χ3v) is 2.60. The first-order chi connectivity index (χ1) is 6.41. The second kappa shape index (κ2) is 17.0. The van der Waals surface area contributed by atoms with Crippen molar-refractivity contribution < 1.29 is 51.4 Å². The molecule has 0 N–H and O–H groups in total. The standard InChI is InChI=1S/C13H27.K/c1-3-5-7-9-11-13-12-10-8-6-4-2;/h1,3-13H2,2H3;/q-1;+1. The Bertz CT molecular complexity index is 71.3. The molecule has 0 nitrogen and oxygen atoms in total. The number of unbranched alkanes of at least 4 members (excludes halogenated alkanes) is 10. The van der Waals surface area contributed by atoms with Crippen LogP contribution in [0.2, 0.25) is 0 Å². The Labute approximate surface area is 134 Å². The van der Waals surface area contributed by atoms with E-state index in [2.05, 4.69) is 13.8 Å². The van der Waals surface area contributed by atoms with Gasteiger partial charge in [0.15, 0.2) is 0 Å². The van der Waals surface area contributed by atoms with Crippen molar-refractivity contribution in [2.24, 2.45) is 0 Å². The van der Waals surface area contributed by atoms with Gasteiger partial charge in [0, 0.05) is 0 Å². The van der Waals surface area contributed by atoms with Crippen molar-refractivity contribution >= 4 is 0 Å². The van der Waals surface area contributed by atoms with Crippen LogP contribution in [0.4, 0.5) is 0 Å². The maximum atomic E-state index is 3.85. The van der Waals surface area contributed by atoms with Crippen LogP contribution < -0.4 is 51.4 Å². The zero-order chi connectivity index (χ0) is 9.78. The van der Waals surface area contributed by atoms with Crippen molar-refractivity contribution in [2.45, 2.75) is 77.6 Å². The van der Waals surface area contributed by atoms with Gasteiger partial charge in [-0.15, -0.1) is 0 Å². The van der Waals surface area contributed by atoms with Gasteiger partial charge in [0.2, 0.25) is 0 Å². The van der Waals surface area contributed by atoms with E-state index in [0.29, 0.717) is 0 Å². The maximum Gasteiger partial charge on any atom is 1.00 e. The summed E-state index contributed by atoms with van der Waals surface area (Å²) >= 11 is 0. The van der Waals surface area contributed by atoms with Crippen molar-refractivity contribution in [3.05, 3.63) is 6.92 Å². The maximum absolute atomic E-state index is 3.85. The summed E-state index contributed by atoms with van der Waals surface area (Å²) in [6.45, 7) is 6.13. The Morgan fingerprint density at radius 1 is 0.643 bits per heavy atom. The van der Waals surface area contributed by atoms with Crippen LogP contribution >= 0.6 is 0 Å². The van der Waals surface area contributed by atoms with E-state index in [9.17, 15) is 0 Å². The average molecular weight is 222 g/mol. The van der Waals surface area contributed by atoms with Crippen LogP contribution in [0.15, 0.2) is 0 Å². The molecule has 0 aliphatic carbocycles. The Morgan fingerprint density at radius 2 is 1.00 bits per heavy atom. The quantitative estimate of drug-likeness (QED) is 0.302. The van der Waals surface area contributed by atoms with Gasteiger partial charge in [-0.25, -0.2) is 0 Å². The summed E-state index contributed by atoms with van der Waals surface area (Å²) in [5, 5.41) is 0. The van der Waals surface area contributed by atoms with E-state index in [-0.39, 0.29) is 51.4 Å². The normalized spacial score (nSPS) is 9.86. The molecule has 80 valence electrons. The minimum atomic E-state index is 0. The summed E-state index contributed by atoms with van der Waals surface area (Å²) in [6, 6.07) is 0. The molecule has 0 aromatic rings. The molecule has 0 spiro atoms. The molecule has 0 aromatic carbocycles. The zero-order valence-corrected chi connectivity index (χ0v) is 13.6. The molecule has 0 aliphatic rings. The zero-order valence-electron chi connectivity index (χ0n) is 10.5. The Hall–Kier alpha value is 1.64. The molecule has 0 atom stereocenters. The van der Waals surface area contributed by atoms with Crippen LogP contribution in [0.5, 0.6) is 0 Å². The minimum absolute atomic E-state index is 0. The number of hydrogen-bond acceptors (Lipinski definition) is 0. The Kier molecular flexibility index (Phi) is 21.9.